The molecule has 0 spiro atoms. The molecule has 1 aromatic carbocycles. The number of benzene rings is 1. The molecule has 0 amide bonds. The molecule has 0 atom stereocenters. The predicted octanol–water partition coefficient (Wildman–Crippen LogP) is 1.21. The molecule has 21 heavy (non-hydrogen) atoms. The zero-order valence-corrected chi connectivity index (χ0v) is 12.8. The summed E-state index contributed by atoms with van der Waals surface area (Å²) in [4.78, 5) is 0.156. The topological polar surface area (TPSA) is 93.3 Å². The Hall–Kier alpha value is -2.06. The second kappa shape index (κ2) is 6.15. The minimum Gasteiger partial charge on any atom is -0.493 e. The molecule has 114 valence electrons. The summed E-state index contributed by atoms with van der Waals surface area (Å²) in [6.07, 6.45) is 3.19. The lowest BCUT2D eigenvalue weighted by Crippen LogP contribution is -2.24. The average Bonchev–Trinajstić information content (AvgIpc) is 2.98. The highest BCUT2D eigenvalue weighted by Gasteiger charge is 2.20. The molecule has 2 N–H and O–H groups in total. The van der Waals surface area contributed by atoms with Crippen LogP contribution in [0.1, 0.15) is 11.1 Å². The van der Waals surface area contributed by atoms with Crippen LogP contribution in [0.3, 0.4) is 0 Å². The molecule has 0 bridgehead atoms. The van der Waals surface area contributed by atoms with Gasteiger partial charge in [-0.25, -0.2) is 13.1 Å². The summed E-state index contributed by atoms with van der Waals surface area (Å²) in [5.74, 6) is 0.857. The molecule has 1 heterocycles. The zero-order valence-electron chi connectivity index (χ0n) is 12.0. The fourth-order valence-electron chi connectivity index (χ4n) is 1.88. The van der Waals surface area contributed by atoms with Crippen LogP contribution in [0.15, 0.2) is 29.4 Å². The Morgan fingerprint density at radius 1 is 1.24 bits per heavy atom. The number of hydrogen-bond acceptors (Lipinski definition) is 5. The number of aromatic nitrogens is 2. The average molecular weight is 311 g/mol. The van der Waals surface area contributed by atoms with E-state index in [1.807, 2.05) is 0 Å². The van der Waals surface area contributed by atoms with Crippen LogP contribution in [-0.2, 0) is 16.6 Å². The van der Waals surface area contributed by atoms with E-state index in [-0.39, 0.29) is 11.4 Å². The van der Waals surface area contributed by atoms with Crippen molar-refractivity contribution in [3.05, 3.63) is 35.7 Å². The molecular formula is C13H17N3O4S. The monoisotopic (exact) mass is 311 g/mol. The van der Waals surface area contributed by atoms with E-state index >= 15 is 0 Å². The highest BCUT2D eigenvalue weighted by molar-refractivity contribution is 7.89. The first-order chi connectivity index (χ1) is 9.97. The van der Waals surface area contributed by atoms with Crippen molar-refractivity contribution in [3.8, 4) is 11.5 Å². The Kier molecular flexibility index (Phi) is 4.49. The van der Waals surface area contributed by atoms with Gasteiger partial charge in [-0.1, -0.05) is 0 Å². The van der Waals surface area contributed by atoms with Gasteiger partial charge in [0.2, 0.25) is 10.0 Å². The molecule has 0 aliphatic carbocycles. The maximum atomic E-state index is 12.4. The first kappa shape index (κ1) is 15.3. The third kappa shape index (κ3) is 3.34. The van der Waals surface area contributed by atoms with Crippen LogP contribution in [0, 0.1) is 6.92 Å². The maximum Gasteiger partial charge on any atom is 0.241 e. The Labute approximate surface area is 123 Å². The summed E-state index contributed by atoms with van der Waals surface area (Å²) >= 11 is 0. The number of aromatic amines is 1. The Balaban J connectivity index is 2.31. The molecule has 8 heteroatoms. The van der Waals surface area contributed by atoms with E-state index < -0.39 is 10.0 Å². The number of nitrogens with one attached hydrogen (secondary N) is 2. The molecule has 1 aromatic heterocycles. The van der Waals surface area contributed by atoms with Gasteiger partial charge in [-0.05, 0) is 18.6 Å². The molecule has 2 aromatic rings. The molecule has 0 aliphatic rings. The lowest BCUT2D eigenvalue weighted by Gasteiger charge is -2.13. The van der Waals surface area contributed by atoms with E-state index in [1.165, 1.54) is 20.3 Å². The van der Waals surface area contributed by atoms with Gasteiger partial charge < -0.3 is 9.47 Å². The second-order valence-electron chi connectivity index (χ2n) is 4.40. The van der Waals surface area contributed by atoms with Gasteiger partial charge in [0.05, 0.1) is 25.3 Å². The molecule has 0 saturated heterocycles. The van der Waals surface area contributed by atoms with Crippen molar-refractivity contribution in [1.82, 2.24) is 14.9 Å². The number of nitrogens with zero attached hydrogens (tertiary/aromatic N) is 1. The number of aryl methyl sites for hydroxylation is 1. The quantitative estimate of drug-likeness (QED) is 0.836. The number of rotatable bonds is 6. The van der Waals surface area contributed by atoms with Crippen LogP contribution in [0.4, 0.5) is 0 Å². The van der Waals surface area contributed by atoms with Crippen molar-refractivity contribution in [2.24, 2.45) is 0 Å². The first-order valence-electron chi connectivity index (χ1n) is 6.18. The van der Waals surface area contributed by atoms with Gasteiger partial charge in [0.25, 0.3) is 0 Å². The zero-order chi connectivity index (χ0) is 15.5. The minimum absolute atomic E-state index is 0.156. The van der Waals surface area contributed by atoms with Gasteiger partial charge in [-0.3, -0.25) is 5.10 Å². The summed E-state index contributed by atoms with van der Waals surface area (Å²) in [5.41, 5.74) is 1.32. The third-order valence-corrected chi connectivity index (χ3v) is 4.54. The van der Waals surface area contributed by atoms with E-state index in [0.29, 0.717) is 17.1 Å². The smallest absolute Gasteiger partial charge is 0.241 e. The van der Waals surface area contributed by atoms with Crippen molar-refractivity contribution >= 4 is 10.0 Å². The van der Waals surface area contributed by atoms with Gasteiger partial charge in [0.15, 0.2) is 11.5 Å². The number of ether oxygens (including phenoxy) is 2. The normalized spacial score (nSPS) is 11.4. The van der Waals surface area contributed by atoms with Gasteiger partial charge in [-0.2, -0.15) is 5.10 Å². The highest BCUT2D eigenvalue weighted by atomic mass is 32.2. The van der Waals surface area contributed by atoms with Crippen LogP contribution in [0.25, 0.3) is 0 Å². The largest absolute Gasteiger partial charge is 0.493 e. The summed E-state index contributed by atoms with van der Waals surface area (Å²) < 4.78 is 37.6. The van der Waals surface area contributed by atoms with Crippen molar-refractivity contribution in [3.63, 3.8) is 0 Å². The summed E-state index contributed by atoms with van der Waals surface area (Å²) in [5, 5.41) is 6.40. The van der Waals surface area contributed by atoms with Gasteiger partial charge in [-0.15, -0.1) is 0 Å². The van der Waals surface area contributed by atoms with E-state index in [0.717, 1.165) is 5.56 Å². The standard InChI is InChI=1S/C13H17N3O4S/c1-9-4-11(19-2)12(20-3)5-13(9)21(17,18)16-8-10-6-14-15-7-10/h4-7,16H,8H2,1-3H3,(H,14,15). The lowest BCUT2D eigenvalue weighted by molar-refractivity contribution is 0.353. The molecule has 7 nitrogen and oxygen atoms in total. The van der Waals surface area contributed by atoms with E-state index in [1.54, 1.807) is 25.4 Å². The van der Waals surface area contributed by atoms with Crippen molar-refractivity contribution < 1.29 is 17.9 Å². The van der Waals surface area contributed by atoms with E-state index in [9.17, 15) is 8.42 Å². The molecular weight excluding hydrogens is 294 g/mol. The first-order valence-corrected chi connectivity index (χ1v) is 7.66. The fourth-order valence-corrected chi connectivity index (χ4v) is 3.14. The van der Waals surface area contributed by atoms with E-state index in [4.69, 9.17) is 9.47 Å². The van der Waals surface area contributed by atoms with E-state index in [2.05, 4.69) is 14.9 Å². The van der Waals surface area contributed by atoms with Crippen LogP contribution < -0.4 is 14.2 Å². The summed E-state index contributed by atoms with van der Waals surface area (Å²) in [7, 11) is -0.688. The van der Waals surface area contributed by atoms with Crippen LogP contribution in [-0.4, -0.2) is 32.8 Å². The molecule has 0 fully saturated rings. The number of sulfonamides is 1. The molecule has 0 aliphatic heterocycles. The van der Waals surface area contributed by atoms with Crippen LogP contribution in [0.2, 0.25) is 0 Å². The van der Waals surface area contributed by atoms with Crippen LogP contribution in [0.5, 0.6) is 11.5 Å². The number of methoxy groups -OCH3 is 2. The van der Waals surface area contributed by atoms with Gasteiger partial charge >= 0.3 is 0 Å². The maximum absolute atomic E-state index is 12.4. The van der Waals surface area contributed by atoms with Crippen LogP contribution >= 0.6 is 0 Å². The van der Waals surface area contributed by atoms with Gasteiger partial charge in [0, 0.05) is 24.4 Å². The Morgan fingerprint density at radius 2 is 1.90 bits per heavy atom. The van der Waals surface area contributed by atoms with Gasteiger partial charge in [0.1, 0.15) is 0 Å². The van der Waals surface area contributed by atoms with Crippen molar-refractivity contribution in [2.45, 2.75) is 18.4 Å². The fraction of sp³-hybridized carbons (Fsp3) is 0.308. The molecule has 0 unspecified atom stereocenters. The highest BCUT2D eigenvalue weighted by Crippen LogP contribution is 2.32. The molecule has 0 saturated carbocycles. The van der Waals surface area contributed by atoms with Crippen molar-refractivity contribution in [1.29, 1.82) is 0 Å². The molecule has 0 radical (unpaired) electrons. The SMILES string of the molecule is COc1cc(C)c(S(=O)(=O)NCc2cn[nH]c2)cc1OC. The molecule has 2 rings (SSSR count). The predicted molar refractivity (Wildman–Crippen MR) is 76.9 cm³/mol. The lowest BCUT2D eigenvalue weighted by atomic mass is 10.2. The summed E-state index contributed by atoms with van der Waals surface area (Å²) in [6.45, 7) is 1.86. The Morgan fingerprint density at radius 3 is 2.48 bits per heavy atom. The minimum atomic E-state index is -3.65. The number of H-pyrrole nitrogens is 1. The second-order valence-corrected chi connectivity index (χ2v) is 6.14. The Bertz CT molecular complexity index is 711. The van der Waals surface area contributed by atoms with Crippen molar-refractivity contribution in [2.75, 3.05) is 14.2 Å². The number of hydrogen-bond donors (Lipinski definition) is 2. The summed E-state index contributed by atoms with van der Waals surface area (Å²) in [6, 6.07) is 3.08. The third-order valence-electron chi connectivity index (χ3n) is 2.99.